The fourth-order valence-corrected chi connectivity index (χ4v) is 4.74. The number of hydrogen-bond acceptors (Lipinski definition) is 7. The molecule has 0 spiro atoms. The molecule has 0 aliphatic heterocycles. The van der Waals surface area contributed by atoms with E-state index in [-0.39, 0.29) is 30.9 Å². The minimum Gasteiger partial charge on any atom is -0.443 e. The summed E-state index contributed by atoms with van der Waals surface area (Å²) in [6.07, 6.45) is 3.79. The Morgan fingerprint density at radius 2 is 1.83 bits per heavy atom. The number of nitrogens with zero attached hydrogens (tertiary/aromatic N) is 3. The van der Waals surface area contributed by atoms with E-state index in [4.69, 9.17) is 9.47 Å². The van der Waals surface area contributed by atoms with Crippen LogP contribution in [-0.2, 0) is 32.0 Å². The molecule has 0 unspecified atom stereocenters. The number of aryl methyl sites for hydroxylation is 1. The molecule has 0 aliphatic carbocycles. The first-order chi connectivity index (χ1) is 21.6. The molecule has 2 aromatic heterocycles. The summed E-state index contributed by atoms with van der Waals surface area (Å²) in [6, 6.07) is 7.35. The second kappa shape index (κ2) is 15.5. The zero-order chi connectivity index (χ0) is 34.2. The third-order valence-corrected chi connectivity index (χ3v) is 6.87. The average molecular weight is 639 g/mol. The van der Waals surface area contributed by atoms with Gasteiger partial charge in [0.15, 0.2) is 11.9 Å². The van der Waals surface area contributed by atoms with Crippen LogP contribution in [0.5, 0.6) is 0 Å². The minimum atomic E-state index is -1.24. The van der Waals surface area contributed by atoms with E-state index in [0.717, 1.165) is 0 Å². The van der Waals surface area contributed by atoms with Crippen molar-refractivity contribution in [3.05, 3.63) is 76.1 Å². The number of benzene rings is 1. The molecule has 248 valence electrons. The van der Waals surface area contributed by atoms with Gasteiger partial charge in [0, 0.05) is 32.1 Å². The van der Waals surface area contributed by atoms with E-state index in [0.29, 0.717) is 41.4 Å². The number of pyridine rings is 1. The Hall–Kier alpha value is -4.74. The smallest absolute Gasteiger partial charge is 0.419 e. The number of halogens is 1. The molecule has 12 heteroatoms. The van der Waals surface area contributed by atoms with E-state index in [1.165, 1.54) is 58.6 Å². The van der Waals surface area contributed by atoms with Crippen molar-refractivity contribution in [3.63, 3.8) is 0 Å². The van der Waals surface area contributed by atoms with Crippen LogP contribution in [0.1, 0.15) is 71.6 Å². The lowest BCUT2D eigenvalue weighted by atomic mass is 10.1. The summed E-state index contributed by atoms with van der Waals surface area (Å²) >= 11 is 0. The third kappa shape index (κ3) is 9.38. The van der Waals surface area contributed by atoms with Crippen molar-refractivity contribution in [2.45, 2.75) is 85.0 Å². The maximum absolute atomic E-state index is 14.6. The van der Waals surface area contributed by atoms with Gasteiger partial charge in [0.1, 0.15) is 17.1 Å². The lowest BCUT2D eigenvalue weighted by Crippen LogP contribution is -2.37. The first-order valence-corrected chi connectivity index (χ1v) is 15.3. The molecule has 11 nitrogen and oxygen atoms in total. The van der Waals surface area contributed by atoms with Gasteiger partial charge in [0.2, 0.25) is 0 Å². The first kappa shape index (κ1) is 35.7. The number of amides is 2. The fraction of sp³-hybridized carbons (Fsp3) is 0.441. The van der Waals surface area contributed by atoms with Crippen molar-refractivity contribution in [2.75, 3.05) is 19.4 Å². The molecule has 46 heavy (non-hydrogen) atoms. The second-order valence-corrected chi connectivity index (χ2v) is 12.1. The average Bonchev–Trinajstić information content (AvgIpc) is 3.33. The lowest BCUT2D eigenvalue weighted by Gasteiger charge is -2.22. The number of carbonyl (C=O) groups is 4. The molecule has 1 aromatic carbocycles. The van der Waals surface area contributed by atoms with E-state index in [1.54, 1.807) is 45.9 Å². The summed E-state index contributed by atoms with van der Waals surface area (Å²) < 4.78 is 28.3. The van der Waals surface area contributed by atoms with Crippen LogP contribution in [0, 0.1) is 5.82 Å². The van der Waals surface area contributed by atoms with Gasteiger partial charge in [-0.1, -0.05) is 26.3 Å². The zero-order valence-corrected chi connectivity index (χ0v) is 27.5. The molecular formula is C34H43FN4O7. The largest absolute Gasteiger partial charge is 0.443 e. The summed E-state index contributed by atoms with van der Waals surface area (Å²) in [5, 5.41) is 3.05. The summed E-state index contributed by atoms with van der Waals surface area (Å²) in [7, 11) is 2.95. The van der Waals surface area contributed by atoms with E-state index in [1.807, 2.05) is 6.92 Å². The number of anilines is 1. The van der Waals surface area contributed by atoms with Gasteiger partial charge >= 0.3 is 12.2 Å². The predicted octanol–water partition coefficient (Wildman–Crippen LogP) is 6.05. The zero-order valence-electron chi connectivity index (χ0n) is 27.5. The molecule has 3 aromatic rings. The van der Waals surface area contributed by atoms with Gasteiger partial charge in [-0.2, -0.15) is 0 Å². The van der Waals surface area contributed by atoms with Crippen LogP contribution in [0.2, 0.25) is 0 Å². The van der Waals surface area contributed by atoms with E-state index >= 15 is 0 Å². The van der Waals surface area contributed by atoms with Crippen molar-refractivity contribution < 1.29 is 33.0 Å². The highest BCUT2D eigenvalue weighted by molar-refractivity contribution is 5.95. The Morgan fingerprint density at radius 1 is 1.11 bits per heavy atom. The highest BCUT2D eigenvalue weighted by Gasteiger charge is 2.26. The maximum atomic E-state index is 14.6. The number of aromatic nitrogens is 2. The van der Waals surface area contributed by atoms with Crippen molar-refractivity contribution in [1.82, 2.24) is 14.0 Å². The number of allylic oxidation sites excluding steroid dienone is 2. The predicted molar refractivity (Wildman–Crippen MR) is 174 cm³/mol. The second-order valence-electron chi connectivity index (χ2n) is 12.1. The standard InChI is InChI=1S/C34H43FN4O7/c1-8-13-22-18-24(35)19-23-20-25(39(29(22)23)33(44)46-34(3,4)5)21-38-17-12-15-27(31(38)42)36-30(41)28(45-32(43)37(6)7)16-11-10-14-26(40)9-2/h10,12,14-15,17-20,28H,8-9,11,13,16,21H2,1-7H3,(H,36,41)/b14-10+/t28-/m0/s1. The first-order valence-electron chi connectivity index (χ1n) is 15.3. The van der Waals surface area contributed by atoms with Gasteiger partial charge in [-0.25, -0.2) is 18.5 Å². The van der Waals surface area contributed by atoms with Crippen molar-refractivity contribution in [2.24, 2.45) is 0 Å². The fourth-order valence-electron chi connectivity index (χ4n) is 4.74. The Labute approximate surface area is 268 Å². The molecule has 0 saturated carbocycles. The van der Waals surface area contributed by atoms with Gasteiger partial charge in [-0.3, -0.25) is 14.4 Å². The third-order valence-electron chi connectivity index (χ3n) is 6.87. The van der Waals surface area contributed by atoms with Crippen LogP contribution >= 0.6 is 0 Å². The number of ketones is 1. The van der Waals surface area contributed by atoms with Crippen LogP contribution < -0.4 is 10.9 Å². The summed E-state index contributed by atoms with van der Waals surface area (Å²) in [6.45, 7) is 8.80. The highest BCUT2D eigenvalue weighted by Crippen LogP contribution is 2.28. The maximum Gasteiger partial charge on any atom is 0.419 e. The Kier molecular flexibility index (Phi) is 12.0. The molecule has 3 rings (SSSR count). The summed E-state index contributed by atoms with van der Waals surface area (Å²) in [5.41, 5.74) is 0.0465. The minimum absolute atomic E-state index is 0.0754. The number of carbonyl (C=O) groups excluding carboxylic acids is 4. The normalized spacial score (nSPS) is 12.3. The van der Waals surface area contributed by atoms with E-state index < -0.39 is 41.2 Å². The van der Waals surface area contributed by atoms with Crippen molar-refractivity contribution in [3.8, 4) is 0 Å². The summed E-state index contributed by atoms with van der Waals surface area (Å²) in [5.74, 6) is -1.24. The van der Waals surface area contributed by atoms with E-state index in [2.05, 4.69) is 5.32 Å². The van der Waals surface area contributed by atoms with E-state index in [9.17, 15) is 28.4 Å². The summed E-state index contributed by atoms with van der Waals surface area (Å²) in [4.78, 5) is 65.4. The van der Waals surface area contributed by atoms with Gasteiger partial charge in [0.25, 0.3) is 11.5 Å². The van der Waals surface area contributed by atoms with Crippen LogP contribution in [0.4, 0.5) is 19.7 Å². The SMILES string of the molecule is CCCc1cc(F)cc2cc(Cn3cccc(NC(=O)[C@H](CC/C=C/C(=O)CC)OC(=O)N(C)C)c3=O)n(C(=O)OC(C)(C)C)c12. The van der Waals surface area contributed by atoms with Crippen LogP contribution in [-0.4, -0.2) is 63.7 Å². The molecule has 0 radical (unpaired) electrons. The lowest BCUT2D eigenvalue weighted by molar-refractivity contribution is -0.125. The van der Waals surface area contributed by atoms with Crippen molar-refractivity contribution in [1.29, 1.82) is 0 Å². The molecule has 2 heterocycles. The quantitative estimate of drug-likeness (QED) is 0.239. The molecule has 0 bridgehead atoms. The van der Waals surface area contributed by atoms with Gasteiger partial charge in [0.05, 0.1) is 17.8 Å². The Bertz CT molecular complexity index is 1680. The Morgan fingerprint density at radius 3 is 2.46 bits per heavy atom. The number of fused-ring (bicyclic) bond motifs is 1. The molecule has 1 N–H and O–H groups in total. The number of rotatable bonds is 12. The molecule has 2 amide bonds. The molecule has 0 fully saturated rings. The van der Waals surface area contributed by atoms with Crippen LogP contribution in [0.25, 0.3) is 10.9 Å². The molecule has 1 atom stereocenters. The van der Waals surface area contributed by atoms with Crippen LogP contribution in [0.3, 0.4) is 0 Å². The highest BCUT2D eigenvalue weighted by atomic mass is 19.1. The Balaban J connectivity index is 1.97. The number of nitrogens with one attached hydrogen (secondary N) is 1. The van der Waals surface area contributed by atoms with Gasteiger partial charge in [-0.15, -0.1) is 0 Å². The number of hydrogen-bond donors (Lipinski definition) is 1. The van der Waals surface area contributed by atoms with Gasteiger partial charge in [-0.05, 0) is 82.0 Å². The molecule has 0 aliphatic rings. The number of ether oxygens (including phenoxy) is 2. The van der Waals surface area contributed by atoms with Gasteiger partial charge < -0.3 is 24.3 Å². The van der Waals surface area contributed by atoms with Crippen LogP contribution in [0.15, 0.2) is 53.5 Å². The van der Waals surface area contributed by atoms with Crippen molar-refractivity contribution >= 4 is 40.5 Å². The monoisotopic (exact) mass is 638 g/mol. The molecular weight excluding hydrogens is 595 g/mol. The topological polar surface area (TPSA) is 129 Å². The molecule has 0 saturated heterocycles.